The van der Waals surface area contributed by atoms with Gasteiger partial charge in [-0.2, -0.15) is 0 Å². The highest BCUT2D eigenvalue weighted by molar-refractivity contribution is 5.95. The number of ether oxygens (including phenoxy) is 1. The molecular weight excluding hydrogens is 266 g/mol. The van der Waals surface area contributed by atoms with Crippen molar-refractivity contribution in [2.75, 3.05) is 17.2 Å². The monoisotopic (exact) mass is 283 g/mol. The van der Waals surface area contributed by atoms with E-state index < -0.39 is 0 Å². The number of fused-ring (bicyclic) bond motifs is 1. The van der Waals surface area contributed by atoms with Gasteiger partial charge in [0.25, 0.3) is 5.91 Å². The maximum Gasteiger partial charge on any atom is 0.262 e. The van der Waals surface area contributed by atoms with Crippen LogP contribution in [0.4, 0.5) is 11.4 Å². The molecule has 108 valence electrons. The Labute approximate surface area is 123 Å². The van der Waals surface area contributed by atoms with E-state index in [1.54, 1.807) is 6.20 Å². The summed E-state index contributed by atoms with van der Waals surface area (Å²) in [5.74, 6) is 0.589. The van der Waals surface area contributed by atoms with Gasteiger partial charge in [0.2, 0.25) is 0 Å². The lowest BCUT2D eigenvalue weighted by atomic mass is 10.1. The lowest BCUT2D eigenvalue weighted by Gasteiger charge is -2.21. The summed E-state index contributed by atoms with van der Waals surface area (Å²) < 4.78 is 5.36. The van der Waals surface area contributed by atoms with Gasteiger partial charge in [-0.1, -0.05) is 6.07 Å². The fraction of sp³-hybridized carbons (Fsp3) is 0.250. The van der Waals surface area contributed by atoms with Gasteiger partial charge >= 0.3 is 0 Å². The van der Waals surface area contributed by atoms with Crippen molar-refractivity contribution in [3.63, 3.8) is 0 Å². The number of aromatic nitrogens is 1. The van der Waals surface area contributed by atoms with Gasteiger partial charge in [0.15, 0.2) is 6.61 Å². The van der Waals surface area contributed by atoms with Crippen LogP contribution < -0.4 is 15.4 Å². The maximum absolute atomic E-state index is 11.4. The molecular formula is C16H17N3O2. The van der Waals surface area contributed by atoms with Gasteiger partial charge in [0.05, 0.1) is 11.4 Å². The molecule has 2 heterocycles. The van der Waals surface area contributed by atoms with Crippen LogP contribution in [0.15, 0.2) is 36.7 Å². The predicted molar refractivity (Wildman–Crippen MR) is 81.6 cm³/mol. The number of benzene rings is 1. The minimum atomic E-state index is -0.122. The van der Waals surface area contributed by atoms with Crippen LogP contribution in [0, 0.1) is 6.92 Å². The topological polar surface area (TPSA) is 63.2 Å². The number of carbonyl (C=O) groups is 1. The van der Waals surface area contributed by atoms with Crippen LogP contribution in [0.5, 0.6) is 5.75 Å². The van der Waals surface area contributed by atoms with Gasteiger partial charge in [-0.3, -0.25) is 9.78 Å². The van der Waals surface area contributed by atoms with Crippen molar-refractivity contribution < 1.29 is 9.53 Å². The van der Waals surface area contributed by atoms with E-state index >= 15 is 0 Å². The molecule has 1 unspecified atom stereocenters. The second-order valence-electron chi connectivity index (χ2n) is 5.21. The third kappa shape index (κ3) is 2.97. The lowest BCUT2D eigenvalue weighted by Crippen LogP contribution is -2.25. The van der Waals surface area contributed by atoms with Crippen LogP contribution in [0.1, 0.15) is 24.1 Å². The van der Waals surface area contributed by atoms with E-state index in [4.69, 9.17) is 4.74 Å². The summed E-state index contributed by atoms with van der Waals surface area (Å²) in [6.07, 6.45) is 3.62. The van der Waals surface area contributed by atoms with Crippen molar-refractivity contribution in [1.82, 2.24) is 4.98 Å². The molecule has 0 saturated heterocycles. The highest BCUT2D eigenvalue weighted by atomic mass is 16.5. The molecule has 5 heteroatoms. The minimum Gasteiger partial charge on any atom is -0.482 e. The highest BCUT2D eigenvalue weighted by Gasteiger charge is 2.17. The van der Waals surface area contributed by atoms with E-state index in [1.165, 1.54) is 0 Å². The van der Waals surface area contributed by atoms with Crippen molar-refractivity contribution in [2.45, 2.75) is 19.9 Å². The Morgan fingerprint density at radius 2 is 2.19 bits per heavy atom. The van der Waals surface area contributed by atoms with Crippen molar-refractivity contribution in [2.24, 2.45) is 0 Å². The van der Waals surface area contributed by atoms with Crippen LogP contribution in [0.25, 0.3) is 0 Å². The summed E-state index contributed by atoms with van der Waals surface area (Å²) >= 11 is 0. The van der Waals surface area contributed by atoms with Gasteiger partial charge in [0.1, 0.15) is 5.75 Å². The number of nitrogens with one attached hydrogen (secondary N) is 2. The molecule has 1 aromatic heterocycles. The van der Waals surface area contributed by atoms with E-state index in [0.717, 1.165) is 22.5 Å². The number of hydrogen-bond acceptors (Lipinski definition) is 4. The average Bonchev–Trinajstić information content (AvgIpc) is 2.46. The number of hydrogen-bond donors (Lipinski definition) is 2. The molecule has 0 radical (unpaired) electrons. The lowest BCUT2D eigenvalue weighted by molar-refractivity contribution is -0.118. The Bertz CT molecular complexity index is 685. The maximum atomic E-state index is 11.4. The Kier molecular flexibility index (Phi) is 3.48. The first-order chi connectivity index (χ1) is 10.1. The first-order valence-electron chi connectivity index (χ1n) is 6.86. The molecule has 2 N–H and O–H groups in total. The third-order valence-corrected chi connectivity index (χ3v) is 3.39. The number of aryl methyl sites for hydroxylation is 1. The molecule has 5 nitrogen and oxygen atoms in total. The molecule has 1 atom stereocenters. The third-order valence-electron chi connectivity index (χ3n) is 3.39. The van der Waals surface area contributed by atoms with E-state index in [9.17, 15) is 4.79 Å². The SMILES string of the molecule is Cc1cncc(NC(C)c2ccc3c(c2)NC(=O)CO3)c1. The molecule has 1 aromatic carbocycles. The summed E-state index contributed by atoms with van der Waals surface area (Å²) in [4.78, 5) is 15.5. The molecule has 0 aliphatic carbocycles. The molecule has 0 bridgehead atoms. The number of carbonyl (C=O) groups excluding carboxylic acids is 1. The molecule has 0 fully saturated rings. The fourth-order valence-electron chi connectivity index (χ4n) is 2.34. The van der Waals surface area contributed by atoms with E-state index in [2.05, 4.69) is 22.5 Å². The summed E-state index contributed by atoms with van der Waals surface area (Å²) in [7, 11) is 0. The second kappa shape index (κ2) is 5.44. The quantitative estimate of drug-likeness (QED) is 0.909. The summed E-state index contributed by atoms with van der Waals surface area (Å²) in [5.41, 5.74) is 3.87. The largest absolute Gasteiger partial charge is 0.482 e. The van der Waals surface area contributed by atoms with Crippen LogP contribution >= 0.6 is 0 Å². The minimum absolute atomic E-state index is 0.0785. The molecule has 21 heavy (non-hydrogen) atoms. The number of amides is 1. The van der Waals surface area contributed by atoms with Gasteiger partial charge in [-0.05, 0) is 43.2 Å². The zero-order chi connectivity index (χ0) is 14.8. The summed E-state index contributed by atoms with van der Waals surface area (Å²) in [5, 5.41) is 6.23. The first-order valence-corrected chi connectivity index (χ1v) is 6.86. The van der Waals surface area contributed by atoms with Crippen LogP contribution in [0.2, 0.25) is 0 Å². The standard InChI is InChI=1S/C16H17N3O2/c1-10-5-13(8-17-7-10)18-11(2)12-3-4-15-14(6-12)19-16(20)9-21-15/h3-8,11,18H,9H2,1-2H3,(H,19,20). The molecule has 1 amide bonds. The zero-order valence-corrected chi connectivity index (χ0v) is 12.0. The summed E-state index contributed by atoms with van der Waals surface area (Å²) in [6, 6.07) is 7.96. The Morgan fingerprint density at radius 1 is 1.33 bits per heavy atom. The number of pyridine rings is 1. The number of anilines is 2. The normalized spacial score (nSPS) is 14.7. The van der Waals surface area contributed by atoms with Crippen LogP contribution in [-0.2, 0) is 4.79 Å². The highest BCUT2D eigenvalue weighted by Crippen LogP contribution is 2.31. The van der Waals surface area contributed by atoms with E-state index in [-0.39, 0.29) is 18.6 Å². The smallest absolute Gasteiger partial charge is 0.262 e. The van der Waals surface area contributed by atoms with Gasteiger partial charge < -0.3 is 15.4 Å². The van der Waals surface area contributed by atoms with Crippen molar-refractivity contribution in [3.05, 3.63) is 47.8 Å². The average molecular weight is 283 g/mol. The van der Waals surface area contributed by atoms with Gasteiger partial charge in [-0.15, -0.1) is 0 Å². The fourth-order valence-corrected chi connectivity index (χ4v) is 2.34. The van der Waals surface area contributed by atoms with Crippen molar-refractivity contribution >= 4 is 17.3 Å². The Balaban J connectivity index is 1.80. The Hall–Kier alpha value is -2.56. The first kappa shape index (κ1) is 13.4. The Morgan fingerprint density at radius 3 is 3.00 bits per heavy atom. The predicted octanol–water partition coefficient (Wildman–Crippen LogP) is 2.89. The van der Waals surface area contributed by atoms with E-state index in [0.29, 0.717) is 5.75 Å². The van der Waals surface area contributed by atoms with Crippen LogP contribution in [-0.4, -0.2) is 17.5 Å². The van der Waals surface area contributed by atoms with Gasteiger partial charge in [0, 0.05) is 18.4 Å². The van der Waals surface area contributed by atoms with Gasteiger partial charge in [-0.25, -0.2) is 0 Å². The number of nitrogens with zero attached hydrogens (tertiary/aromatic N) is 1. The molecule has 1 aliphatic rings. The summed E-state index contributed by atoms with van der Waals surface area (Å²) in [6.45, 7) is 4.15. The number of rotatable bonds is 3. The van der Waals surface area contributed by atoms with Crippen molar-refractivity contribution in [3.8, 4) is 5.75 Å². The molecule has 2 aromatic rings. The van der Waals surface area contributed by atoms with E-state index in [1.807, 2.05) is 37.4 Å². The van der Waals surface area contributed by atoms with Crippen LogP contribution in [0.3, 0.4) is 0 Å². The van der Waals surface area contributed by atoms with Crippen molar-refractivity contribution in [1.29, 1.82) is 0 Å². The molecule has 3 rings (SSSR count). The molecule has 0 saturated carbocycles. The zero-order valence-electron chi connectivity index (χ0n) is 12.0. The second-order valence-corrected chi connectivity index (χ2v) is 5.21. The molecule has 1 aliphatic heterocycles. The molecule has 0 spiro atoms.